The third-order valence-corrected chi connectivity index (χ3v) is 4.83. The van der Waals surface area contributed by atoms with E-state index in [1.165, 1.54) is 24.6 Å². The summed E-state index contributed by atoms with van der Waals surface area (Å²) < 4.78 is 0.701. The van der Waals surface area contributed by atoms with Gasteiger partial charge in [0.2, 0.25) is 0 Å². The lowest BCUT2D eigenvalue weighted by molar-refractivity contribution is -0.123. The van der Waals surface area contributed by atoms with Crippen LogP contribution in [0.2, 0.25) is 0 Å². The summed E-state index contributed by atoms with van der Waals surface area (Å²) in [6, 6.07) is 4.12. The predicted molar refractivity (Wildman–Crippen MR) is 81.5 cm³/mol. The summed E-state index contributed by atoms with van der Waals surface area (Å²) in [6.45, 7) is 0. The second-order valence-corrected chi connectivity index (χ2v) is 6.45. The molecule has 0 radical (unpaired) electrons. The number of hydrogen-bond donors (Lipinski definition) is 0. The summed E-state index contributed by atoms with van der Waals surface area (Å²) in [4.78, 5) is 19.0. The van der Waals surface area contributed by atoms with Gasteiger partial charge in [-0.2, -0.15) is 0 Å². The van der Waals surface area contributed by atoms with Crippen molar-refractivity contribution >= 4 is 40.3 Å². The first kappa shape index (κ1) is 12.8. The van der Waals surface area contributed by atoms with E-state index in [1.807, 2.05) is 23.1 Å². The number of thioether (sulfide) groups is 1. The van der Waals surface area contributed by atoms with Crippen molar-refractivity contribution in [2.75, 3.05) is 0 Å². The minimum Gasteiger partial charge on any atom is -0.290 e. The van der Waals surface area contributed by atoms with Crippen LogP contribution in [0.1, 0.15) is 31.2 Å². The Bertz CT molecular complexity index is 536. The van der Waals surface area contributed by atoms with Crippen LogP contribution < -0.4 is 0 Å². The molecule has 0 bridgehead atoms. The fourth-order valence-electron chi connectivity index (χ4n) is 2.57. The smallest absolute Gasteiger partial charge is 0.266 e. The predicted octanol–water partition coefficient (Wildman–Crippen LogP) is 3.23. The fourth-order valence-corrected chi connectivity index (χ4v) is 3.97. The van der Waals surface area contributed by atoms with Gasteiger partial charge in [-0.25, -0.2) is 0 Å². The molecule has 5 heteroatoms. The molecule has 1 saturated carbocycles. The Kier molecular flexibility index (Phi) is 3.66. The molecule has 2 aliphatic rings. The number of pyridine rings is 1. The van der Waals surface area contributed by atoms with E-state index in [2.05, 4.69) is 4.98 Å². The van der Waals surface area contributed by atoms with E-state index in [1.54, 1.807) is 12.4 Å². The zero-order valence-corrected chi connectivity index (χ0v) is 12.0. The van der Waals surface area contributed by atoms with E-state index in [9.17, 15) is 4.79 Å². The molecule has 2 heterocycles. The van der Waals surface area contributed by atoms with Crippen LogP contribution in [0, 0.1) is 0 Å². The molecule has 0 atom stereocenters. The molecule has 1 aromatic heterocycles. The maximum atomic E-state index is 12.4. The Labute approximate surface area is 122 Å². The molecule has 1 aromatic rings. The SMILES string of the molecule is O=C1/C(=C/c2cccnc2)SC(=S)N1C1CCCC1. The molecular weight excluding hydrogens is 276 g/mol. The molecule has 1 aliphatic carbocycles. The Morgan fingerprint density at radius 3 is 2.89 bits per heavy atom. The summed E-state index contributed by atoms with van der Waals surface area (Å²) in [7, 11) is 0. The molecule has 1 saturated heterocycles. The van der Waals surface area contributed by atoms with Gasteiger partial charge in [-0.15, -0.1) is 0 Å². The first-order chi connectivity index (χ1) is 9.25. The van der Waals surface area contributed by atoms with Crippen molar-refractivity contribution in [2.45, 2.75) is 31.7 Å². The second kappa shape index (κ2) is 5.43. The monoisotopic (exact) mass is 290 g/mol. The maximum absolute atomic E-state index is 12.4. The van der Waals surface area contributed by atoms with Gasteiger partial charge in [-0.05, 0) is 30.5 Å². The normalized spacial score (nSPS) is 22.7. The Hall–Kier alpha value is -1.20. The molecule has 0 N–H and O–H groups in total. The number of hydrogen-bond acceptors (Lipinski definition) is 4. The maximum Gasteiger partial charge on any atom is 0.266 e. The van der Waals surface area contributed by atoms with Crippen molar-refractivity contribution in [2.24, 2.45) is 0 Å². The van der Waals surface area contributed by atoms with E-state index in [-0.39, 0.29) is 5.91 Å². The standard InChI is InChI=1S/C14H14N2OS2/c17-13-12(8-10-4-3-7-15-9-10)19-14(18)16(13)11-5-1-2-6-11/h3-4,7-9,11H,1-2,5-6H2/b12-8-. The molecule has 98 valence electrons. The zero-order chi connectivity index (χ0) is 13.2. The molecule has 2 fully saturated rings. The van der Waals surface area contributed by atoms with E-state index in [0.29, 0.717) is 15.3 Å². The van der Waals surface area contributed by atoms with Crippen molar-refractivity contribution < 1.29 is 4.79 Å². The van der Waals surface area contributed by atoms with Crippen LogP contribution in [0.5, 0.6) is 0 Å². The van der Waals surface area contributed by atoms with Crippen molar-refractivity contribution in [3.05, 3.63) is 35.0 Å². The summed E-state index contributed by atoms with van der Waals surface area (Å²) >= 11 is 6.76. The van der Waals surface area contributed by atoms with Gasteiger partial charge in [-0.3, -0.25) is 14.7 Å². The number of carbonyl (C=O) groups is 1. The van der Waals surface area contributed by atoms with E-state index in [4.69, 9.17) is 12.2 Å². The number of nitrogens with zero attached hydrogens (tertiary/aromatic N) is 2. The van der Waals surface area contributed by atoms with Gasteiger partial charge in [0.25, 0.3) is 5.91 Å². The average Bonchev–Trinajstić information content (AvgIpc) is 3.01. The molecule has 0 aromatic carbocycles. The molecule has 0 spiro atoms. The van der Waals surface area contributed by atoms with Gasteiger partial charge in [0, 0.05) is 18.4 Å². The molecule has 19 heavy (non-hydrogen) atoms. The number of amides is 1. The summed E-state index contributed by atoms with van der Waals surface area (Å²) in [5.41, 5.74) is 0.939. The highest BCUT2D eigenvalue weighted by molar-refractivity contribution is 8.26. The van der Waals surface area contributed by atoms with E-state index < -0.39 is 0 Å². The number of carbonyl (C=O) groups excluding carboxylic acids is 1. The zero-order valence-electron chi connectivity index (χ0n) is 10.4. The summed E-state index contributed by atoms with van der Waals surface area (Å²) in [5, 5.41) is 0. The molecule has 3 nitrogen and oxygen atoms in total. The van der Waals surface area contributed by atoms with E-state index in [0.717, 1.165) is 18.4 Å². The molecular formula is C14H14N2OS2. The second-order valence-electron chi connectivity index (χ2n) is 4.78. The largest absolute Gasteiger partial charge is 0.290 e. The lowest BCUT2D eigenvalue weighted by Crippen LogP contribution is -2.36. The van der Waals surface area contributed by atoms with Crippen molar-refractivity contribution in [1.29, 1.82) is 0 Å². The highest BCUT2D eigenvalue weighted by Gasteiger charge is 2.37. The lowest BCUT2D eigenvalue weighted by Gasteiger charge is -2.21. The first-order valence-corrected chi connectivity index (χ1v) is 7.65. The lowest BCUT2D eigenvalue weighted by atomic mass is 10.2. The van der Waals surface area contributed by atoms with Gasteiger partial charge in [-0.1, -0.05) is 42.9 Å². The van der Waals surface area contributed by atoms with Crippen LogP contribution in [0.15, 0.2) is 29.4 Å². The van der Waals surface area contributed by atoms with Crippen molar-refractivity contribution in [3.63, 3.8) is 0 Å². The van der Waals surface area contributed by atoms with Crippen molar-refractivity contribution in [1.82, 2.24) is 9.88 Å². The number of rotatable bonds is 2. The average molecular weight is 290 g/mol. The van der Waals surface area contributed by atoms with Crippen LogP contribution in [0.4, 0.5) is 0 Å². The number of thiocarbonyl (C=S) groups is 1. The van der Waals surface area contributed by atoms with Crippen LogP contribution in [-0.4, -0.2) is 26.2 Å². The molecule has 1 aliphatic heterocycles. The number of aromatic nitrogens is 1. The highest BCUT2D eigenvalue weighted by Crippen LogP contribution is 2.37. The molecule has 1 amide bonds. The van der Waals surface area contributed by atoms with Gasteiger partial charge < -0.3 is 0 Å². The summed E-state index contributed by atoms with van der Waals surface area (Å²) in [6.07, 6.45) is 9.90. The van der Waals surface area contributed by atoms with Gasteiger partial charge in [0.05, 0.1) is 4.91 Å². The fraction of sp³-hybridized carbons (Fsp3) is 0.357. The Morgan fingerprint density at radius 1 is 1.42 bits per heavy atom. The Balaban J connectivity index is 1.84. The Morgan fingerprint density at radius 2 is 2.21 bits per heavy atom. The third-order valence-electron chi connectivity index (χ3n) is 3.50. The van der Waals surface area contributed by atoms with Crippen LogP contribution in [-0.2, 0) is 4.79 Å². The van der Waals surface area contributed by atoms with Gasteiger partial charge in [0.15, 0.2) is 0 Å². The van der Waals surface area contributed by atoms with Crippen LogP contribution in [0.3, 0.4) is 0 Å². The van der Waals surface area contributed by atoms with Crippen LogP contribution in [0.25, 0.3) is 6.08 Å². The van der Waals surface area contributed by atoms with Crippen LogP contribution >= 0.6 is 24.0 Å². The summed E-state index contributed by atoms with van der Waals surface area (Å²) in [5.74, 6) is 0.0609. The quantitative estimate of drug-likeness (QED) is 0.618. The molecule has 0 unspecified atom stereocenters. The topological polar surface area (TPSA) is 33.2 Å². The molecule has 3 rings (SSSR count). The van der Waals surface area contributed by atoms with Crippen molar-refractivity contribution in [3.8, 4) is 0 Å². The third kappa shape index (κ3) is 2.58. The van der Waals surface area contributed by atoms with Gasteiger partial charge >= 0.3 is 0 Å². The minimum atomic E-state index is 0.0609. The van der Waals surface area contributed by atoms with Gasteiger partial charge in [0.1, 0.15) is 4.32 Å². The van der Waals surface area contributed by atoms with E-state index >= 15 is 0 Å². The minimum absolute atomic E-state index is 0.0609. The first-order valence-electron chi connectivity index (χ1n) is 6.43. The highest BCUT2D eigenvalue weighted by atomic mass is 32.2.